The second-order valence-corrected chi connectivity index (χ2v) is 3.42. The first kappa shape index (κ1) is 8.97. The molecule has 0 aromatic carbocycles. The van der Waals surface area contributed by atoms with Crippen LogP contribution >= 0.6 is 0 Å². The average Bonchev–Trinajstić information content (AvgIpc) is 1.83. The number of hydrogen-bond acceptors (Lipinski definition) is 3. The van der Waals surface area contributed by atoms with Gasteiger partial charge in [0.1, 0.15) is 0 Å². The van der Waals surface area contributed by atoms with E-state index in [1.54, 1.807) is 0 Å². The Labute approximate surface area is 66.7 Å². The van der Waals surface area contributed by atoms with Gasteiger partial charge < -0.3 is 15.3 Å². The van der Waals surface area contributed by atoms with Crippen molar-refractivity contribution in [2.45, 2.75) is 50.4 Å². The quantitative estimate of drug-likeness (QED) is 0.449. The van der Waals surface area contributed by atoms with E-state index in [2.05, 4.69) is 0 Å². The standard InChI is InChI=1S/C8H16O3/c9-7-3-1-5-8(10,11)6-2-4-7/h7,9-11H,1-6H2. The maximum absolute atomic E-state index is 9.24. The van der Waals surface area contributed by atoms with Crippen molar-refractivity contribution in [3.63, 3.8) is 0 Å². The minimum Gasteiger partial charge on any atom is -0.393 e. The highest BCUT2D eigenvalue weighted by Crippen LogP contribution is 2.23. The van der Waals surface area contributed by atoms with Crippen LogP contribution in [-0.4, -0.2) is 27.2 Å². The molecular formula is C8H16O3. The Kier molecular flexibility index (Phi) is 2.87. The molecule has 66 valence electrons. The normalized spacial score (nSPS) is 27.5. The molecule has 3 nitrogen and oxygen atoms in total. The zero-order valence-electron chi connectivity index (χ0n) is 6.66. The van der Waals surface area contributed by atoms with E-state index in [0.29, 0.717) is 38.5 Å². The lowest BCUT2D eigenvalue weighted by Crippen LogP contribution is -2.30. The molecule has 3 heteroatoms. The molecule has 11 heavy (non-hydrogen) atoms. The summed E-state index contributed by atoms with van der Waals surface area (Å²) in [6.45, 7) is 0. The van der Waals surface area contributed by atoms with Crippen molar-refractivity contribution < 1.29 is 15.3 Å². The van der Waals surface area contributed by atoms with Gasteiger partial charge in [0.05, 0.1) is 6.10 Å². The summed E-state index contributed by atoms with van der Waals surface area (Å²) in [6, 6.07) is 0. The molecule has 0 bridgehead atoms. The van der Waals surface area contributed by atoms with Crippen LogP contribution < -0.4 is 0 Å². The van der Waals surface area contributed by atoms with Crippen molar-refractivity contribution in [2.24, 2.45) is 0 Å². The molecule has 0 aliphatic heterocycles. The number of aliphatic hydroxyl groups excluding tert-OH is 1. The molecule has 1 aliphatic carbocycles. The first-order valence-corrected chi connectivity index (χ1v) is 4.23. The lowest BCUT2D eigenvalue weighted by atomic mass is 9.94. The Morgan fingerprint density at radius 2 is 1.45 bits per heavy atom. The van der Waals surface area contributed by atoms with Gasteiger partial charge in [-0.2, -0.15) is 0 Å². The highest BCUT2D eigenvalue weighted by atomic mass is 16.5. The Morgan fingerprint density at radius 3 is 1.91 bits per heavy atom. The molecule has 0 atom stereocenters. The summed E-state index contributed by atoms with van der Waals surface area (Å²) in [7, 11) is 0. The number of aliphatic hydroxyl groups is 3. The van der Waals surface area contributed by atoms with Gasteiger partial charge in [0.15, 0.2) is 5.79 Å². The fraction of sp³-hybridized carbons (Fsp3) is 1.00. The first-order valence-electron chi connectivity index (χ1n) is 4.23. The summed E-state index contributed by atoms with van der Waals surface area (Å²) in [6.07, 6.45) is 3.36. The van der Waals surface area contributed by atoms with Crippen LogP contribution in [0.25, 0.3) is 0 Å². The highest BCUT2D eigenvalue weighted by molar-refractivity contribution is 4.71. The summed E-state index contributed by atoms with van der Waals surface area (Å²) in [5.74, 6) is -1.47. The zero-order valence-corrected chi connectivity index (χ0v) is 6.66. The number of rotatable bonds is 0. The predicted octanol–water partition coefficient (Wildman–Crippen LogP) is 0.382. The third kappa shape index (κ3) is 3.18. The van der Waals surface area contributed by atoms with E-state index in [4.69, 9.17) is 0 Å². The lowest BCUT2D eigenvalue weighted by Gasteiger charge is -2.25. The Balaban J connectivity index is 2.35. The summed E-state index contributed by atoms with van der Waals surface area (Å²) in [5.41, 5.74) is 0. The molecule has 0 spiro atoms. The van der Waals surface area contributed by atoms with Crippen molar-refractivity contribution in [2.75, 3.05) is 0 Å². The summed E-state index contributed by atoms with van der Waals surface area (Å²) >= 11 is 0. The second-order valence-electron chi connectivity index (χ2n) is 3.42. The molecule has 0 saturated heterocycles. The average molecular weight is 160 g/mol. The third-order valence-electron chi connectivity index (χ3n) is 2.23. The molecular weight excluding hydrogens is 144 g/mol. The summed E-state index contributed by atoms with van der Waals surface area (Å²) in [4.78, 5) is 0. The second kappa shape index (κ2) is 3.52. The monoisotopic (exact) mass is 160 g/mol. The molecule has 0 aromatic heterocycles. The van der Waals surface area contributed by atoms with Crippen molar-refractivity contribution in [1.82, 2.24) is 0 Å². The van der Waals surface area contributed by atoms with Crippen LogP contribution in [0, 0.1) is 0 Å². The predicted molar refractivity (Wildman–Crippen MR) is 40.9 cm³/mol. The van der Waals surface area contributed by atoms with Crippen LogP contribution in [-0.2, 0) is 0 Å². The fourth-order valence-corrected chi connectivity index (χ4v) is 1.51. The lowest BCUT2D eigenvalue weighted by molar-refractivity contribution is -0.176. The minimum atomic E-state index is -1.47. The molecule has 3 N–H and O–H groups in total. The van der Waals surface area contributed by atoms with Crippen molar-refractivity contribution in [1.29, 1.82) is 0 Å². The SMILES string of the molecule is OC1CCCC(O)(O)CCC1. The molecule has 1 rings (SSSR count). The van der Waals surface area contributed by atoms with Crippen LogP contribution in [0.2, 0.25) is 0 Å². The minimum absolute atomic E-state index is 0.230. The first-order chi connectivity index (χ1) is 5.10. The Bertz CT molecular complexity index is 111. The van der Waals surface area contributed by atoms with E-state index in [-0.39, 0.29) is 6.10 Å². The van der Waals surface area contributed by atoms with E-state index in [9.17, 15) is 15.3 Å². The Morgan fingerprint density at radius 1 is 1.00 bits per heavy atom. The van der Waals surface area contributed by atoms with Crippen molar-refractivity contribution >= 4 is 0 Å². The maximum Gasteiger partial charge on any atom is 0.162 e. The van der Waals surface area contributed by atoms with Gasteiger partial charge in [-0.25, -0.2) is 0 Å². The molecule has 0 radical (unpaired) electrons. The highest BCUT2D eigenvalue weighted by Gasteiger charge is 2.24. The van der Waals surface area contributed by atoms with Gasteiger partial charge in [-0.15, -0.1) is 0 Å². The van der Waals surface area contributed by atoms with Gasteiger partial charge in [-0.05, 0) is 25.7 Å². The van der Waals surface area contributed by atoms with Crippen LogP contribution in [0.4, 0.5) is 0 Å². The third-order valence-corrected chi connectivity index (χ3v) is 2.23. The van der Waals surface area contributed by atoms with E-state index in [1.807, 2.05) is 0 Å². The Hall–Kier alpha value is -0.120. The molecule has 0 aromatic rings. The van der Waals surface area contributed by atoms with Gasteiger partial charge >= 0.3 is 0 Å². The smallest absolute Gasteiger partial charge is 0.162 e. The van der Waals surface area contributed by atoms with Crippen molar-refractivity contribution in [3.05, 3.63) is 0 Å². The maximum atomic E-state index is 9.24. The van der Waals surface area contributed by atoms with Crippen LogP contribution in [0.15, 0.2) is 0 Å². The fourth-order valence-electron chi connectivity index (χ4n) is 1.51. The zero-order chi connectivity index (χ0) is 8.32. The van der Waals surface area contributed by atoms with E-state index >= 15 is 0 Å². The van der Waals surface area contributed by atoms with E-state index < -0.39 is 5.79 Å². The molecule has 1 aliphatic rings. The molecule has 0 heterocycles. The van der Waals surface area contributed by atoms with Gasteiger partial charge in [0.2, 0.25) is 0 Å². The van der Waals surface area contributed by atoms with Gasteiger partial charge in [-0.3, -0.25) is 0 Å². The van der Waals surface area contributed by atoms with Gasteiger partial charge in [0.25, 0.3) is 0 Å². The van der Waals surface area contributed by atoms with Gasteiger partial charge in [0, 0.05) is 12.8 Å². The topological polar surface area (TPSA) is 60.7 Å². The summed E-state index contributed by atoms with van der Waals surface area (Å²) < 4.78 is 0. The van der Waals surface area contributed by atoms with Gasteiger partial charge in [-0.1, -0.05) is 0 Å². The summed E-state index contributed by atoms with van der Waals surface area (Å²) in [5, 5.41) is 27.7. The van der Waals surface area contributed by atoms with Crippen molar-refractivity contribution in [3.8, 4) is 0 Å². The molecule has 0 amide bonds. The molecule has 0 unspecified atom stereocenters. The van der Waals surface area contributed by atoms with Crippen LogP contribution in [0.5, 0.6) is 0 Å². The molecule has 1 fully saturated rings. The largest absolute Gasteiger partial charge is 0.393 e. The van der Waals surface area contributed by atoms with Crippen LogP contribution in [0.3, 0.4) is 0 Å². The van der Waals surface area contributed by atoms with Crippen LogP contribution in [0.1, 0.15) is 38.5 Å². The van der Waals surface area contributed by atoms with E-state index in [0.717, 1.165) is 0 Å². The van der Waals surface area contributed by atoms with E-state index in [1.165, 1.54) is 0 Å². The molecule has 1 saturated carbocycles. The number of hydrogen-bond donors (Lipinski definition) is 3.